The number of aryl methyl sites for hydroxylation is 1. The van der Waals surface area contributed by atoms with E-state index in [0.29, 0.717) is 32.9 Å². The zero-order valence-electron chi connectivity index (χ0n) is 21.2. The molecule has 0 unspecified atom stereocenters. The normalized spacial score (nSPS) is 14.4. The van der Waals surface area contributed by atoms with Crippen LogP contribution in [0.5, 0.6) is 11.5 Å². The van der Waals surface area contributed by atoms with Crippen LogP contribution < -0.4 is 19.7 Å². The molecule has 39 heavy (non-hydrogen) atoms. The van der Waals surface area contributed by atoms with Gasteiger partial charge in [-0.05, 0) is 107 Å². The molecule has 3 aromatic rings. The third kappa shape index (κ3) is 6.45. The summed E-state index contributed by atoms with van der Waals surface area (Å²) in [6, 6.07) is 17.3. The molecule has 0 aromatic heterocycles. The van der Waals surface area contributed by atoms with E-state index in [0.717, 1.165) is 17.5 Å². The molecule has 10 heteroatoms. The molecular weight excluding hydrogens is 631 g/mol. The highest BCUT2D eigenvalue weighted by atomic mass is 127. The zero-order chi connectivity index (χ0) is 28.1. The van der Waals surface area contributed by atoms with Gasteiger partial charge in [-0.25, -0.2) is 4.79 Å². The topological polar surface area (TPSA) is 105 Å². The lowest BCUT2D eigenvalue weighted by Gasteiger charge is -2.29. The van der Waals surface area contributed by atoms with Gasteiger partial charge in [-0.2, -0.15) is 0 Å². The molecule has 0 saturated carbocycles. The summed E-state index contributed by atoms with van der Waals surface area (Å²) < 4.78 is 12.6. The number of anilines is 1. The predicted octanol–water partition coefficient (Wildman–Crippen LogP) is 5.36. The number of thiocarbonyl (C=S) groups is 1. The Labute approximate surface area is 244 Å². The van der Waals surface area contributed by atoms with E-state index in [4.69, 9.17) is 26.8 Å². The Bertz CT molecular complexity index is 1470. The molecule has 2 N–H and O–H groups in total. The summed E-state index contributed by atoms with van der Waals surface area (Å²) in [5.74, 6) is -1.15. The molecule has 1 fully saturated rings. The number of carboxylic acids is 1. The first-order valence-electron chi connectivity index (χ1n) is 12.1. The van der Waals surface area contributed by atoms with Gasteiger partial charge in [-0.1, -0.05) is 31.2 Å². The van der Waals surface area contributed by atoms with Crippen molar-refractivity contribution in [3.63, 3.8) is 0 Å². The van der Waals surface area contributed by atoms with Gasteiger partial charge in [0.25, 0.3) is 11.8 Å². The summed E-state index contributed by atoms with van der Waals surface area (Å²) in [5, 5.41) is 11.7. The number of carboxylic acid groups (broad SMARTS) is 1. The molecule has 3 aromatic carbocycles. The fourth-order valence-electron chi connectivity index (χ4n) is 3.91. The van der Waals surface area contributed by atoms with Crippen LogP contribution in [0.2, 0.25) is 0 Å². The van der Waals surface area contributed by atoms with Crippen LogP contribution in [0.15, 0.2) is 66.2 Å². The summed E-state index contributed by atoms with van der Waals surface area (Å²) in [6.45, 7) is 4.45. The van der Waals surface area contributed by atoms with E-state index < -0.39 is 17.8 Å². The van der Waals surface area contributed by atoms with Crippen molar-refractivity contribution in [1.82, 2.24) is 5.32 Å². The maximum Gasteiger partial charge on any atom is 0.335 e. The molecule has 2 amide bonds. The molecule has 200 valence electrons. The molecule has 1 saturated heterocycles. The van der Waals surface area contributed by atoms with Gasteiger partial charge in [-0.15, -0.1) is 0 Å². The number of benzene rings is 3. The Morgan fingerprint density at radius 2 is 1.69 bits per heavy atom. The number of nitrogens with one attached hydrogen (secondary N) is 1. The zero-order valence-corrected chi connectivity index (χ0v) is 24.2. The summed E-state index contributed by atoms with van der Waals surface area (Å²) in [5.41, 5.74) is 3.18. The number of ether oxygens (including phenoxy) is 2. The van der Waals surface area contributed by atoms with Crippen LogP contribution in [0, 0.1) is 3.57 Å². The Morgan fingerprint density at radius 1 is 1.03 bits per heavy atom. The minimum absolute atomic E-state index is 0.0242. The lowest BCUT2D eigenvalue weighted by molar-refractivity contribution is -0.122. The maximum absolute atomic E-state index is 13.4. The van der Waals surface area contributed by atoms with Gasteiger partial charge < -0.3 is 14.6 Å². The van der Waals surface area contributed by atoms with Crippen molar-refractivity contribution in [3.05, 3.63) is 92.1 Å². The quantitative estimate of drug-likeness (QED) is 0.138. The van der Waals surface area contributed by atoms with Crippen molar-refractivity contribution >= 4 is 69.5 Å². The van der Waals surface area contributed by atoms with E-state index in [1.165, 1.54) is 23.1 Å². The number of aromatic carboxylic acids is 1. The number of hydrogen-bond acceptors (Lipinski definition) is 6. The largest absolute Gasteiger partial charge is 0.490 e. The number of hydrogen-bond donors (Lipinski definition) is 2. The first-order chi connectivity index (χ1) is 18.7. The van der Waals surface area contributed by atoms with Gasteiger partial charge in [0.15, 0.2) is 16.6 Å². The van der Waals surface area contributed by atoms with Crippen molar-refractivity contribution in [2.75, 3.05) is 11.5 Å². The highest BCUT2D eigenvalue weighted by Crippen LogP contribution is 2.36. The second-order valence-electron chi connectivity index (χ2n) is 8.53. The van der Waals surface area contributed by atoms with Gasteiger partial charge in [0, 0.05) is 0 Å². The summed E-state index contributed by atoms with van der Waals surface area (Å²) in [7, 11) is 0. The van der Waals surface area contributed by atoms with E-state index in [9.17, 15) is 14.4 Å². The SMILES string of the molecule is CCOc1cc(/C=C2\C(=O)NC(=S)N(c3ccc(CC)cc3)C2=O)cc(I)c1OCc1ccc(C(=O)O)cc1. The van der Waals surface area contributed by atoms with Crippen molar-refractivity contribution in [1.29, 1.82) is 0 Å². The molecule has 8 nitrogen and oxygen atoms in total. The molecule has 0 radical (unpaired) electrons. The van der Waals surface area contributed by atoms with Crippen LogP contribution in [0.25, 0.3) is 6.08 Å². The minimum Gasteiger partial charge on any atom is -0.490 e. The molecule has 1 heterocycles. The lowest BCUT2D eigenvalue weighted by Crippen LogP contribution is -2.54. The smallest absolute Gasteiger partial charge is 0.335 e. The molecule has 0 bridgehead atoms. The third-order valence-electron chi connectivity index (χ3n) is 5.93. The molecule has 0 atom stereocenters. The van der Waals surface area contributed by atoms with Gasteiger partial charge in [0.1, 0.15) is 12.2 Å². The average Bonchev–Trinajstić information content (AvgIpc) is 2.91. The number of halogens is 1. The van der Waals surface area contributed by atoms with E-state index >= 15 is 0 Å². The Hall–Kier alpha value is -3.77. The molecule has 0 spiro atoms. The van der Waals surface area contributed by atoms with Gasteiger partial charge in [-0.3, -0.25) is 19.8 Å². The summed E-state index contributed by atoms with van der Waals surface area (Å²) in [6.07, 6.45) is 2.37. The molecular formula is C29H25IN2O6S. The molecule has 4 rings (SSSR count). The van der Waals surface area contributed by atoms with E-state index in [1.54, 1.807) is 36.4 Å². The van der Waals surface area contributed by atoms with Crippen LogP contribution in [-0.2, 0) is 22.6 Å². The van der Waals surface area contributed by atoms with E-state index in [1.807, 2.05) is 26.0 Å². The van der Waals surface area contributed by atoms with Crippen LogP contribution in [0.4, 0.5) is 5.69 Å². The number of carbonyl (C=O) groups excluding carboxylic acids is 2. The van der Waals surface area contributed by atoms with Crippen molar-refractivity contribution in [2.24, 2.45) is 0 Å². The minimum atomic E-state index is -0.996. The van der Waals surface area contributed by atoms with Gasteiger partial charge in [0.05, 0.1) is 21.4 Å². The Balaban J connectivity index is 1.62. The van der Waals surface area contributed by atoms with Crippen LogP contribution in [-0.4, -0.2) is 34.6 Å². The second kappa shape index (κ2) is 12.4. The summed E-state index contributed by atoms with van der Waals surface area (Å²) >= 11 is 7.41. The van der Waals surface area contributed by atoms with Gasteiger partial charge >= 0.3 is 5.97 Å². The number of carbonyl (C=O) groups is 3. The second-order valence-corrected chi connectivity index (χ2v) is 10.1. The number of rotatable bonds is 9. The molecule has 0 aliphatic carbocycles. The fourth-order valence-corrected chi connectivity index (χ4v) is 4.97. The highest BCUT2D eigenvalue weighted by molar-refractivity contribution is 14.1. The first-order valence-corrected chi connectivity index (χ1v) is 13.6. The van der Waals surface area contributed by atoms with Crippen molar-refractivity contribution in [3.8, 4) is 11.5 Å². The fraction of sp³-hybridized carbons (Fsp3) is 0.172. The number of nitrogens with zero attached hydrogens (tertiary/aromatic N) is 1. The monoisotopic (exact) mass is 656 g/mol. The average molecular weight is 656 g/mol. The first kappa shape index (κ1) is 28.2. The van der Waals surface area contributed by atoms with Crippen molar-refractivity contribution < 1.29 is 29.0 Å². The molecule has 1 aliphatic heterocycles. The summed E-state index contributed by atoms with van der Waals surface area (Å²) in [4.78, 5) is 38.6. The standard InChI is InChI=1S/C29H25IN2O6S/c1-3-17-7-11-21(12-8-17)32-27(34)22(26(33)31-29(32)39)13-19-14-23(30)25(24(15-19)37-4-2)38-16-18-5-9-20(10-6-18)28(35)36/h5-15H,3-4,16H2,1-2H3,(H,35,36)(H,31,33,39)/b22-13+. The highest BCUT2D eigenvalue weighted by Gasteiger charge is 2.34. The van der Waals surface area contributed by atoms with Crippen LogP contribution >= 0.6 is 34.8 Å². The maximum atomic E-state index is 13.4. The Morgan fingerprint density at radius 3 is 2.31 bits per heavy atom. The Kier molecular flexibility index (Phi) is 8.97. The lowest BCUT2D eigenvalue weighted by atomic mass is 10.1. The third-order valence-corrected chi connectivity index (χ3v) is 7.02. The predicted molar refractivity (Wildman–Crippen MR) is 160 cm³/mol. The van der Waals surface area contributed by atoms with E-state index in [-0.39, 0.29) is 22.9 Å². The van der Waals surface area contributed by atoms with Crippen LogP contribution in [0.1, 0.15) is 40.9 Å². The van der Waals surface area contributed by atoms with Gasteiger partial charge in [0.2, 0.25) is 0 Å². The van der Waals surface area contributed by atoms with E-state index in [2.05, 4.69) is 27.9 Å². The number of amides is 2. The van der Waals surface area contributed by atoms with Crippen LogP contribution in [0.3, 0.4) is 0 Å². The molecule has 1 aliphatic rings. The van der Waals surface area contributed by atoms with Crippen molar-refractivity contribution in [2.45, 2.75) is 26.9 Å².